The van der Waals surface area contributed by atoms with Crippen LogP contribution in [0, 0.1) is 0 Å². The van der Waals surface area contributed by atoms with Crippen LogP contribution in [0.2, 0.25) is 5.02 Å². The maximum atomic E-state index is 13.3. The monoisotopic (exact) mass is 560 g/mol. The molecule has 0 fully saturated rings. The lowest BCUT2D eigenvalue weighted by atomic mass is 10.2. The van der Waals surface area contributed by atoms with E-state index >= 15 is 0 Å². The van der Waals surface area contributed by atoms with Crippen molar-refractivity contribution in [1.29, 1.82) is 0 Å². The van der Waals surface area contributed by atoms with Gasteiger partial charge < -0.3 is 29.0 Å². The number of anilines is 2. The number of amides is 1. The maximum absolute atomic E-state index is 13.3. The molecule has 0 bridgehead atoms. The van der Waals surface area contributed by atoms with Gasteiger partial charge in [-0.15, -0.1) is 0 Å². The smallest absolute Gasteiger partial charge is 0.238 e. The van der Waals surface area contributed by atoms with E-state index in [1.165, 1.54) is 0 Å². The number of benzene rings is 3. The van der Waals surface area contributed by atoms with Gasteiger partial charge >= 0.3 is 0 Å². The van der Waals surface area contributed by atoms with E-state index in [4.69, 9.17) is 25.8 Å². The van der Waals surface area contributed by atoms with Crippen LogP contribution in [-0.2, 0) is 16.1 Å². The number of para-hydroxylation sites is 2. The van der Waals surface area contributed by atoms with E-state index < -0.39 is 0 Å². The molecule has 8 nitrogen and oxygen atoms in total. The first-order chi connectivity index (χ1) is 19.5. The quantitative estimate of drug-likeness (QED) is 0.338. The number of carbonyl (C=O) groups excluding carboxylic acids is 1. The fourth-order valence-corrected chi connectivity index (χ4v) is 4.68. The number of halogens is 1. The number of hydrogen-bond acceptors (Lipinski definition) is 6. The van der Waals surface area contributed by atoms with Crippen molar-refractivity contribution in [3.05, 3.63) is 95.8 Å². The largest absolute Gasteiger partial charge is 0.487 e. The molecule has 0 aliphatic carbocycles. The van der Waals surface area contributed by atoms with Gasteiger partial charge in [0, 0.05) is 55.5 Å². The molecule has 9 heteroatoms. The summed E-state index contributed by atoms with van der Waals surface area (Å²) < 4.78 is 20.1. The molecule has 1 aliphatic rings. The second-order valence-corrected chi connectivity index (χ2v) is 10.1. The number of nitrogens with one attached hydrogen (secondary N) is 1. The fraction of sp³-hybridized carbons (Fsp3) is 0.258. The Bertz CT molecular complexity index is 1440. The van der Waals surface area contributed by atoms with E-state index in [-0.39, 0.29) is 12.5 Å². The molecule has 2 heterocycles. The zero-order valence-electron chi connectivity index (χ0n) is 22.7. The van der Waals surface area contributed by atoms with E-state index in [0.29, 0.717) is 60.9 Å². The number of nitrogens with zero attached hydrogens (tertiary/aromatic N) is 3. The number of carbonyl (C=O) groups is 1. The van der Waals surface area contributed by atoms with Crippen molar-refractivity contribution < 1.29 is 19.0 Å². The second kappa shape index (κ2) is 12.9. The highest BCUT2D eigenvalue weighted by atomic mass is 35.5. The van der Waals surface area contributed by atoms with Crippen LogP contribution in [0.1, 0.15) is 5.69 Å². The molecular weight excluding hydrogens is 528 g/mol. The maximum Gasteiger partial charge on any atom is 0.238 e. The molecule has 3 aromatic carbocycles. The molecule has 1 N–H and O–H groups in total. The topological polar surface area (TPSA) is 68.2 Å². The first-order valence-corrected chi connectivity index (χ1v) is 13.6. The number of fused-ring (bicyclic) bond motifs is 2. The molecule has 1 amide bonds. The third kappa shape index (κ3) is 6.96. The molecule has 0 radical (unpaired) electrons. The van der Waals surface area contributed by atoms with Gasteiger partial charge in [0.05, 0.1) is 25.4 Å². The molecule has 1 aromatic heterocycles. The molecule has 5 rings (SSSR count). The predicted octanol–water partition coefficient (Wildman–Crippen LogP) is 5.84. The molecule has 0 saturated heterocycles. The van der Waals surface area contributed by atoms with Crippen LogP contribution in [0.4, 0.5) is 11.4 Å². The molecule has 40 heavy (non-hydrogen) atoms. The van der Waals surface area contributed by atoms with Crippen LogP contribution >= 0.6 is 11.6 Å². The third-order valence-electron chi connectivity index (χ3n) is 6.55. The average molecular weight is 561 g/mol. The van der Waals surface area contributed by atoms with E-state index in [0.717, 1.165) is 17.1 Å². The van der Waals surface area contributed by atoms with Crippen molar-refractivity contribution in [3.8, 4) is 22.9 Å². The Hall–Kier alpha value is -3.98. The summed E-state index contributed by atoms with van der Waals surface area (Å²) in [5.74, 6) is 1.42. The Balaban J connectivity index is 1.37. The summed E-state index contributed by atoms with van der Waals surface area (Å²) in [6.45, 7) is 2.52. The van der Waals surface area contributed by atoms with E-state index in [2.05, 4.69) is 50.0 Å². The van der Waals surface area contributed by atoms with Gasteiger partial charge in [0.1, 0.15) is 6.61 Å². The zero-order chi connectivity index (χ0) is 27.9. The fourth-order valence-electron chi connectivity index (χ4n) is 4.51. The van der Waals surface area contributed by atoms with Gasteiger partial charge in [0.25, 0.3) is 0 Å². The van der Waals surface area contributed by atoms with Crippen LogP contribution in [0.15, 0.2) is 85.1 Å². The lowest BCUT2D eigenvalue weighted by molar-refractivity contribution is -0.117. The van der Waals surface area contributed by atoms with Gasteiger partial charge in [-0.3, -0.25) is 9.69 Å². The van der Waals surface area contributed by atoms with Crippen molar-refractivity contribution in [2.75, 3.05) is 57.2 Å². The van der Waals surface area contributed by atoms with Crippen molar-refractivity contribution >= 4 is 28.9 Å². The minimum Gasteiger partial charge on any atom is -0.487 e. The van der Waals surface area contributed by atoms with Crippen LogP contribution in [0.3, 0.4) is 0 Å². The number of ether oxygens (including phenoxy) is 3. The summed E-state index contributed by atoms with van der Waals surface area (Å²) in [4.78, 5) is 17.4. The minimum atomic E-state index is -0.181. The van der Waals surface area contributed by atoms with Crippen molar-refractivity contribution in [1.82, 2.24) is 9.47 Å². The van der Waals surface area contributed by atoms with Crippen LogP contribution in [0.25, 0.3) is 5.69 Å². The van der Waals surface area contributed by atoms with E-state index in [1.54, 1.807) is 18.2 Å². The Morgan fingerprint density at radius 1 is 0.900 bits per heavy atom. The summed E-state index contributed by atoms with van der Waals surface area (Å²) in [5, 5.41) is 3.49. The first kappa shape index (κ1) is 27.6. The lowest BCUT2D eigenvalue weighted by Crippen LogP contribution is -2.36. The summed E-state index contributed by atoms with van der Waals surface area (Å²) in [7, 11) is 4.05. The lowest BCUT2D eigenvalue weighted by Gasteiger charge is -2.23. The molecule has 0 unspecified atom stereocenters. The van der Waals surface area contributed by atoms with Crippen molar-refractivity contribution in [3.63, 3.8) is 0 Å². The van der Waals surface area contributed by atoms with Crippen LogP contribution in [-0.4, -0.2) is 62.4 Å². The normalized spacial score (nSPS) is 14.9. The Morgan fingerprint density at radius 2 is 1.70 bits per heavy atom. The Labute approximate surface area is 239 Å². The molecule has 0 atom stereocenters. The molecule has 4 aromatic rings. The molecule has 0 saturated carbocycles. The number of hydrogen-bond donors (Lipinski definition) is 1. The van der Waals surface area contributed by atoms with E-state index in [1.807, 2.05) is 50.6 Å². The Morgan fingerprint density at radius 3 is 2.50 bits per heavy atom. The van der Waals surface area contributed by atoms with Crippen LogP contribution < -0.4 is 19.7 Å². The molecular formula is C31H33ClN4O4. The highest BCUT2D eigenvalue weighted by Crippen LogP contribution is 2.36. The van der Waals surface area contributed by atoms with Crippen molar-refractivity contribution in [2.24, 2.45) is 0 Å². The highest BCUT2D eigenvalue weighted by molar-refractivity contribution is 6.31. The van der Waals surface area contributed by atoms with Gasteiger partial charge in [0.2, 0.25) is 5.91 Å². The van der Waals surface area contributed by atoms with Gasteiger partial charge in [-0.2, -0.15) is 0 Å². The summed E-state index contributed by atoms with van der Waals surface area (Å²) >= 11 is 6.28. The van der Waals surface area contributed by atoms with Crippen LogP contribution in [0.5, 0.6) is 17.2 Å². The van der Waals surface area contributed by atoms with Crippen molar-refractivity contribution in [2.45, 2.75) is 6.54 Å². The highest BCUT2D eigenvalue weighted by Gasteiger charge is 2.18. The molecule has 208 valence electrons. The van der Waals surface area contributed by atoms with E-state index in [9.17, 15) is 4.79 Å². The standard InChI is InChI=1S/C31H33ClN4O4/c1-34(2)24-10-12-25(13-11-24)36-15-5-6-26(36)21-35-16-17-38-18-19-39-29-7-3-4-8-30(29)40-28-14-9-23(32)20-27(28)33-31(37)22-35/h3-15,20H,16-19,21-22H2,1-2H3,(H,33,37). The first-order valence-electron chi connectivity index (χ1n) is 13.2. The SMILES string of the molecule is CN(C)c1ccc(-n2cccc2CN2CCOCCOc3ccccc3Oc3ccc(Cl)cc3NC(=O)C2)cc1. The number of aromatic nitrogens is 1. The summed E-state index contributed by atoms with van der Waals surface area (Å²) in [6.07, 6.45) is 2.04. The average Bonchev–Trinajstić information content (AvgIpc) is 3.40. The van der Waals surface area contributed by atoms with Gasteiger partial charge in [-0.05, 0) is 66.7 Å². The van der Waals surface area contributed by atoms with Gasteiger partial charge in [0.15, 0.2) is 17.2 Å². The second-order valence-electron chi connectivity index (χ2n) is 9.69. The third-order valence-corrected chi connectivity index (χ3v) is 6.79. The molecule has 0 spiro atoms. The minimum absolute atomic E-state index is 0.160. The van der Waals surface area contributed by atoms with Gasteiger partial charge in [-0.25, -0.2) is 0 Å². The summed E-state index contributed by atoms with van der Waals surface area (Å²) in [6, 6.07) is 25.0. The predicted molar refractivity (Wildman–Crippen MR) is 158 cm³/mol. The number of rotatable bonds is 4. The Kier molecular flexibility index (Phi) is 8.91. The molecule has 1 aliphatic heterocycles. The zero-order valence-corrected chi connectivity index (χ0v) is 23.4. The van der Waals surface area contributed by atoms with Gasteiger partial charge in [-0.1, -0.05) is 23.7 Å². The summed E-state index contributed by atoms with van der Waals surface area (Å²) in [5.41, 5.74) is 3.74.